The van der Waals surface area contributed by atoms with Gasteiger partial charge in [0.1, 0.15) is 5.76 Å². The molecule has 1 N–H and O–H groups in total. The topological polar surface area (TPSA) is 71.8 Å². The number of methoxy groups -OCH3 is 1. The molecule has 2 amide bonds. The van der Waals surface area contributed by atoms with E-state index in [9.17, 15) is 9.59 Å². The zero-order valence-electron chi connectivity index (χ0n) is 15.9. The Labute approximate surface area is 164 Å². The number of hydrogen-bond acceptors (Lipinski definition) is 4. The van der Waals surface area contributed by atoms with E-state index in [-0.39, 0.29) is 24.8 Å². The number of hydrogen-bond donors (Lipinski definition) is 1. The van der Waals surface area contributed by atoms with Crippen LogP contribution >= 0.6 is 0 Å². The molecule has 3 rings (SSSR count). The van der Waals surface area contributed by atoms with Gasteiger partial charge >= 0.3 is 0 Å². The fourth-order valence-electron chi connectivity index (χ4n) is 3.05. The zero-order chi connectivity index (χ0) is 19.8. The highest BCUT2D eigenvalue weighted by Crippen LogP contribution is 2.18. The molecule has 0 saturated carbocycles. The summed E-state index contributed by atoms with van der Waals surface area (Å²) >= 11 is 0. The average Bonchev–Trinajstić information content (AvgIpc) is 3.23. The third-order valence-electron chi connectivity index (χ3n) is 4.51. The monoisotopic (exact) mass is 380 g/mol. The van der Waals surface area contributed by atoms with Gasteiger partial charge in [-0.25, -0.2) is 0 Å². The van der Waals surface area contributed by atoms with Crippen LogP contribution in [0.4, 0.5) is 0 Å². The zero-order valence-corrected chi connectivity index (χ0v) is 15.9. The maximum absolute atomic E-state index is 12.6. The van der Waals surface area contributed by atoms with Gasteiger partial charge < -0.3 is 19.4 Å². The summed E-state index contributed by atoms with van der Waals surface area (Å²) < 4.78 is 10.4. The van der Waals surface area contributed by atoms with E-state index in [1.165, 1.54) is 0 Å². The molecule has 0 aliphatic heterocycles. The molecule has 6 nitrogen and oxygen atoms in total. The lowest BCUT2D eigenvalue weighted by Gasteiger charge is -2.21. The Morgan fingerprint density at radius 3 is 2.68 bits per heavy atom. The molecule has 1 aromatic heterocycles. The fraction of sp³-hybridized carbons (Fsp3) is 0.273. The lowest BCUT2D eigenvalue weighted by molar-refractivity contribution is -0.134. The second kappa shape index (κ2) is 9.71. The van der Waals surface area contributed by atoms with Crippen LogP contribution in [0.3, 0.4) is 0 Å². The van der Waals surface area contributed by atoms with E-state index < -0.39 is 0 Å². The highest BCUT2D eigenvalue weighted by molar-refractivity contribution is 5.91. The molecule has 0 unspecified atom stereocenters. The van der Waals surface area contributed by atoms with E-state index in [4.69, 9.17) is 9.15 Å². The molecule has 28 heavy (non-hydrogen) atoms. The first-order valence-electron chi connectivity index (χ1n) is 9.20. The molecule has 0 atom stereocenters. The minimum Gasteiger partial charge on any atom is -0.467 e. The summed E-state index contributed by atoms with van der Waals surface area (Å²) in [5, 5.41) is 4.87. The highest BCUT2D eigenvalue weighted by atomic mass is 16.5. The van der Waals surface area contributed by atoms with E-state index in [0.29, 0.717) is 25.5 Å². The van der Waals surface area contributed by atoms with Gasteiger partial charge in [-0.2, -0.15) is 0 Å². The van der Waals surface area contributed by atoms with E-state index in [1.54, 1.807) is 24.3 Å². The predicted molar refractivity (Wildman–Crippen MR) is 107 cm³/mol. The molecule has 1 heterocycles. The summed E-state index contributed by atoms with van der Waals surface area (Å²) in [7, 11) is 1.58. The summed E-state index contributed by atoms with van der Waals surface area (Å²) in [5.41, 5.74) is 0.940. The van der Waals surface area contributed by atoms with Gasteiger partial charge in [-0.3, -0.25) is 9.59 Å². The SMILES string of the molecule is COCCN(Cc1ccco1)C(=O)CNC(=O)Cc1cccc2ccccc12. The predicted octanol–water partition coefficient (Wildman–Crippen LogP) is 2.77. The quantitative estimate of drug-likeness (QED) is 0.620. The van der Waals surface area contributed by atoms with Gasteiger partial charge in [-0.15, -0.1) is 0 Å². The van der Waals surface area contributed by atoms with Gasteiger partial charge in [0.2, 0.25) is 11.8 Å². The Morgan fingerprint density at radius 1 is 1.07 bits per heavy atom. The molecule has 0 aliphatic rings. The molecular weight excluding hydrogens is 356 g/mol. The lowest BCUT2D eigenvalue weighted by atomic mass is 10.0. The van der Waals surface area contributed by atoms with E-state index in [2.05, 4.69) is 5.32 Å². The van der Waals surface area contributed by atoms with Crippen LogP contribution in [-0.2, 0) is 27.3 Å². The van der Waals surface area contributed by atoms with Crippen LogP contribution in [0, 0.1) is 0 Å². The minimum atomic E-state index is -0.186. The molecule has 6 heteroatoms. The number of carbonyl (C=O) groups is 2. The van der Waals surface area contributed by atoms with Crippen molar-refractivity contribution in [3.8, 4) is 0 Å². The van der Waals surface area contributed by atoms with Gasteiger partial charge in [0.25, 0.3) is 0 Å². The molecule has 0 fully saturated rings. The number of fused-ring (bicyclic) bond motifs is 1. The van der Waals surface area contributed by atoms with Crippen LogP contribution in [0.15, 0.2) is 65.3 Å². The average molecular weight is 380 g/mol. The van der Waals surface area contributed by atoms with Crippen molar-refractivity contribution in [3.05, 3.63) is 72.2 Å². The standard InChI is InChI=1S/C22H24N2O4/c1-27-13-11-24(16-19-9-5-12-28-19)22(26)15-23-21(25)14-18-8-4-7-17-6-2-3-10-20(17)18/h2-10,12H,11,13-16H2,1H3,(H,23,25). The summed E-state index contributed by atoms with van der Waals surface area (Å²) in [6.45, 7) is 1.12. The maximum atomic E-state index is 12.6. The number of nitrogens with one attached hydrogen (secondary N) is 1. The second-order valence-electron chi connectivity index (χ2n) is 6.48. The third-order valence-corrected chi connectivity index (χ3v) is 4.51. The molecule has 146 valence electrons. The number of furan rings is 1. The highest BCUT2D eigenvalue weighted by Gasteiger charge is 2.16. The van der Waals surface area contributed by atoms with E-state index in [1.807, 2.05) is 48.5 Å². The van der Waals surface area contributed by atoms with Gasteiger partial charge in [0.15, 0.2) is 0 Å². The number of ether oxygens (including phenoxy) is 1. The van der Waals surface area contributed by atoms with E-state index >= 15 is 0 Å². The summed E-state index contributed by atoms with van der Waals surface area (Å²) in [4.78, 5) is 26.6. The van der Waals surface area contributed by atoms with Crippen molar-refractivity contribution in [1.29, 1.82) is 0 Å². The molecule has 3 aromatic rings. The number of carbonyl (C=O) groups excluding carboxylic acids is 2. The van der Waals surface area contributed by atoms with Gasteiger partial charge in [-0.1, -0.05) is 42.5 Å². The van der Waals surface area contributed by atoms with E-state index in [0.717, 1.165) is 16.3 Å². The Hall–Kier alpha value is -3.12. The smallest absolute Gasteiger partial charge is 0.242 e. The van der Waals surface area contributed by atoms with Crippen LogP contribution in [-0.4, -0.2) is 43.5 Å². The Morgan fingerprint density at radius 2 is 1.89 bits per heavy atom. The molecule has 2 aromatic carbocycles. The van der Waals surface area contributed by atoms with Crippen LogP contribution < -0.4 is 5.32 Å². The van der Waals surface area contributed by atoms with Crippen molar-refractivity contribution in [2.45, 2.75) is 13.0 Å². The fourth-order valence-corrected chi connectivity index (χ4v) is 3.05. The van der Waals surface area contributed by atoms with Gasteiger partial charge in [0, 0.05) is 13.7 Å². The van der Waals surface area contributed by atoms with Crippen LogP contribution in [0.2, 0.25) is 0 Å². The van der Waals surface area contributed by atoms with Crippen molar-refractivity contribution in [1.82, 2.24) is 10.2 Å². The first-order chi connectivity index (χ1) is 13.7. The number of amides is 2. The first kappa shape index (κ1) is 19.6. The molecule has 0 aliphatic carbocycles. The van der Waals surface area contributed by atoms with Gasteiger partial charge in [0.05, 0.1) is 32.4 Å². The molecule has 0 bridgehead atoms. The Kier molecular flexibility index (Phi) is 6.81. The molecule has 0 saturated heterocycles. The van der Waals surface area contributed by atoms with Crippen LogP contribution in [0.25, 0.3) is 10.8 Å². The molecule has 0 spiro atoms. The normalized spacial score (nSPS) is 10.8. The lowest BCUT2D eigenvalue weighted by Crippen LogP contribution is -2.41. The Bertz CT molecular complexity index is 916. The molecule has 0 radical (unpaired) electrons. The van der Waals surface area contributed by atoms with Crippen LogP contribution in [0.1, 0.15) is 11.3 Å². The van der Waals surface area contributed by atoms with Crippen LogP contribution in [0.5, 0.6) is 0 Å². The number of benzene rings is 2. The molecular formula is C22H24N2O4. The van der Waals surface area contributed by atoms with Crippen molar-refractivity contribution < 1.29 is 18.7 Å². The number of rotatable bonds is 9. The van der Waals surface area contributed by atoms with Crippen molar-refractivity contribution >= 4 is 22.6 Å². The van der Waals surface area contributed by atoms with Gasteiger partial charge in [-0.05, 0) is 28.5 Å². The largest absolute Gasteiger partial charge is 0.467 e. The van der Waals surface area contributed by atoms with Crippen molar-refractivity contribution in [2.24, 2.45) is 0 Å². The maximum Gasteiger partial charge on any atom is 0.242 e. The van der Waals surface area contributed by atoms with Crippen molar-refractivity contribution in [2.75, 3.05) is 26.8 Å². The first-order valence-corrected chi connectivity index (χ1v) is 9.20. The second-order valence-corrected chi connectivity index (χ2v) is 6.48. The summed E-state index contributed by atoms with van der Waals surface area (Å²) in [6, 6.07) is 17.4. The summed E-state index contributed by atoms with van der Waals surface area (Å²) in [6.07, 6.45) is 1.80. The minimum absolute atomic E-state index is 0.0615. The summed E-state index contributed by atoms with van der Waals surface area (Å²) in [5.74, 6) is 0.320. The van der Waals surface area contributed by atoms with Crippen molar-refractivity contribution in [3.63, 3.8) is 0 Å². The third kappa shape index (κ3) is 5.20. The number of nitrogens with zero attached hydrogens (tertiary/aromatic N) is 1. The Balaban J connectivity index is 1.57.